The Hall–Kier alpha value is -1.75. The smallest absolute Gasteiger partial charge is 0.338 e. The van der Waals surface area contributed by atoms with E-state index in [9.17, 15) is 4.79 Å². The molecule has 5 nitrogen and oxygen atoms in total. The second-order valence-corrected chi connectivity index (χ2v) is 4.94. The number of nitrogens with two attached hydrogens (primary N) is 1. The van der Waals surface area contributed by atoms with Gasteiger partial charge in [0.05, 0.1) is 23.5 Å². The third-order valence-electron chi connectivity index (χ3n) is 3.03. The predicted molar refractivity (Wildman–Crippen MR) is 81.0 cm³/mol. The van der Waals surface area contributed by atoms with E-state index in [4.69, 9.17) is 15.6 Å². The summed E-state index contributed by atoms with van der Waals surface area (Å²) in [7, 11) is 3.80. The van der Waals surface area contributed by atoms with Crippen LogP contribution in [-0.2, 0) is 4.74 Å². The van der Waals surface area contributed by atoms with Crippen molar-refractivity contribution >= 4 is 17.3 Å². The zero-order chi connectivity index (χ0) is 15.0. The van der Waals surface area contributed by atoms with Gasteiger partial charge in [0.15, 0.2) is 0 Å². The predicted octanol–water partition coefficient (Wildman–Crippen LogP) is 2.04. The van der Waals surface area contributed by atoms with Crippen LogP contribution in [0.3, 0.4) is 0 Å². The lowest BCUT2D eigenvalue weighted by Gasteiger charge is -2.15. The summed E-state index contributed by atoms with van der Waals surface area (Å²) in [6.45, 7) is 0.622. The highest BCUT2D eigenvalue weighted by Crippen LogP contribution is 2.22. The van der Waals surface area contributed by atoms with Crippen molar-refractivity contribution < 1.29 is 14.6 Å². The van der Waals surface area contributed by atoms with Gasteiger partial charge < -0.3 is 20.5 Å². The summed E-state index contributed by atoms with van der Waals surface area (Å²) < 4.78 is 5.19. The minimum Gasteiger partial charge on any atom is -0.462 e. The topological polar surface area (TPSA) is 75.8 Å². The van der Waals surface area contributed by atoms with Crippen molar-refractivity contribution in [3.63, 3.8) is 0 Å². The fraction of sp³-hybridized carbons (Fsp3) is 0.533. The maximum atomic E-state index is 11.8. The highest BCUT2D eigenvalue weighted by Gasteiger charge is 2.10. The van der Waals surface area contributed by atoms with E-state index in [0.717, 1.165) is 31.4 Å². The van der Waals surface area contributed by atoms with Gasteiger partial charge in [0.1, 0.15) is 0 Å². The van der Waals surface area contributed by atoms with Crippen LogP contribution in [0.15, 0.2) is 18.2 Å². The number of anilines is 2. The van der Waals surface area contributed by atoms with Gasteiger partial charge in [0, 0.05) is 20.7 Å². The van der Waals surface area contributed by atoms with Gasteiger partial charge in [-0.05, 0) is 37.5 Å². The summed E-state index contributed by atoms with van der Waals surface area (Å²) in [6.07, 6.45) is 3.53. The van der Waals surface area contributed by atoms with Gasteiger partial charge in [-0.25, -0.2) is 4.79 Å². The highest BCUT2D eigenvalue weighted by atomic mass is 16.5. The molecule has 20 heavy (non-hydrogen) atoms. The molecule has 1 aromatic rings. The number of hydrogen-bond acceptors (Lipinski definition) is 5. The van der Waals surface area contributed by atoms with E-state index in [-0.39, 0.29) is 12.6 Å². The minimum atomic E-state index is -0.343. The highest BCUT2D eigenvalue weighted by molar-refractivity contribution is 5.92. The molecule has 0 amide bonds. The van der Waals surface area contributed by atoms with Crippen molar-refractivity contribution in [3.05, 3.63) is 23.8 Å². The fourth-order valence-corrected chi connectivity index (χ4v) is 1.90. The lowest BCUT2D eigenvalue weighted by Crippen LogP contribution is -2.12. The zero-order valence-electron chi connectivity index (χ0n) is 12.3. The summed E-state index contributed by atoms with van der Waals surface area (Å²) in [5.74, 6) is -0.343. The summed E-state index contributed by atoms with van der Waals surface area (Å²) in [5, 5.41) is 8.65. The maximum absolute atomic E-state index is 11.8. The molecule has 0 saturated carbocycles. The number of carbonyl (C=O) groups excluding carboxylic acids is 1. The summed E-state index contributed by atoms with van der Waals surface area (Å²) in [4.78, 5) is 13.7. The average Bonchev–Trinajstić information content (AvgIpc) is 2.41. The lowest BCUT2D eigenvalue weighted by atomic mass is 10.1. The third-order valence-corrected chi connectivity index (χ3v) is 3.03. The zero-order valence-corrected chi connectivity index (χ0v) is 12.3. The van der Waals surface area contributed by atoms with Crippen LogP contribution in [-0.4, -0.2) is 38.4 Å². The molecular weight excluding hydrogens is 256 g/mol. The number of carbonyl (C=O) groups is 1. The Labute approximate surface area is 120 Å². The lowest BCUT2D eigenvalue weighted by molar-refractivity contribution is 0.0497. The quantitative estimate of drug-likeness (QED) is 0.433. The molecule has 0 heterocycles. The average molecular weight is 280 g/mol. The molecular formula is C15H24N2O3. The molecule has 5 heteroatoms. The van der Waals surface area contributed by atoms with Crippen molar-refractivity contribution in [3.8, 4) is 0 Å². The number of nitrogen functional groups attached to an aromatic ring is 1. The van der Waals surface area contributed by atoms with Crippen LogP contribution in [0, 0.1) is 0 Å². The van der Waals surface area contributed by atoms with Crippen molar-refractivity contribution in [1.82, 2.24) is 0 Å². The number of aliphatic hydroxyl groups is 1. The molecule has 0 aromatic heterocycles. The molecule has 0 fully saturated rings. The van der Waals surface area contributed by atoms with Gasteiger partial charge in [-0.15, -0.1) is 0 Å². The van der Waals surface area contributed by atoms with Crippen molar-refractivity contribution in [1.29, 1.82) is 0 Å². The molecule has 0 aliphatic rings. The molecule has 1 aromatic carbocycles. The first-order chi connectivity index (χ1) is 9.56. The number of benzene rings is 1. The Bertz CT molecular complexity index is 433. The molecule has 0 unspecified atom stereocenters. The fourth-order valence-electron chi connectivity index (χ4n) is 1.90. The van der Waals surface area contributed by atoms with Crippen LogP contribution in [0.25, 0.3) is 0 Å². The molecule has 3 N–H and O–H groups in total. The largest absolute Gasteiger partial charge is 0.462 e. The molecule has 0 bridgehead atoms. The Morgan fingerprint density at radius 1 is 1.25 bits per heavy atom. The van der Waals surface area contributed by atoms with E-state index < -0.39 is 0 Å². The molecule has 0 spiro atoms. The van der Waals surface area contributed by atoms with Crippen LogP contribution in [0.1, 0.15) is 36.0 Å². The van der Waals surface area contributed by atoms with Crippen molar-refractivity contribution in [2.24, 2.45) is 0 Å². The molecule has 0 aliphatic heterocycles. The van der Waals surface area contributed by atoms with Gasteiger partial charge >= 0.3 is 5.97 Å². The third kappa shape index (κ3) is 5.09. The summed E-state index contributed by atoms with van der Waals surface area (Å²) in [6, 6.07) is 5.18. The number of hydrogen-bond donors (Lipinski definition) is 2. The van der Waals surface area contributed by atoms with Gasteiger partial charge in [0.2, 0.25) is 0 Å². The number of rotatable bonds is 8. The molecule has 0 aliphatic carbocycles. The maximum Gasteiger partial charge on any atom is 0.338 e. The Kier molecular flexibility index (Phi) is 6.87. The van der Waals surface area contributed by atoms with E-state index in [0.29, 0.717) is 17.9 Å². The molecule has 112 valence electrons. The Morgan fingerprint density at radius 2 is 1.95 bits per heavy atom. The SMILES string of the molecule is CN(C)c1ccc(C(=O)OCCCCCCO)cc1N. The van der Waals surface area contributed by atoms with Crippen LogP contribution >= 0.6 is 0 Å². The van der Waals surface area contributed by atoms with E-state index in [1.54, 1.807) is 12.1 Å². The molecule has 0 saturated heterocycles. The number of aliphatic hydroxyl groups excluding tert-OH is 1. The Morgan fingerprint density at radius 3 is 2.55 bits per heavy atom. The van der Waals surface area contributed by atoms with Crippen LogP contribution in [0.2, 0.25) is 0 Å². The number of nitrogens with zero attached hydrogens (tertiary/aromatic N) is 1. The van der Waals surface area contributed by atoms with E-state index in [1.807, 2.05) is 25.1 Å². The molecule has 0 atom stereocenters. The first-order valence-electron chi connectivity index (χ1n) is 6.91. The summed E-state index contributed by atoms with van der Waals surface area (Å²) in [5.41, 5.74) is 7.81. The number of unbranched alkanes of at least 4 members (excludes halogenated alkanes) is 3. The minimum absolute atomic E-state index is 0.220. The van der Waals surface area contributed by atoms with E-state index >= 15 is 0 Å². The number of ether oxygens (including phenoxy) is 1. The second-order valence-electron chi connectivity index (χ2n) is 4.94. The normalized spacial score (nSPS) is 10.3. The number of esters is 1. The monoisotopic (exact) mass is 280 g/mol. The second kappa shape index (κ2) is 8.43. The first kappa shape index (κ1) is 16.3. The van der Waals surface area contributed by atoms with Crippen molar-refractivity contribution in [2.45, 2.75) is 25.7 Å². The van der Waals surface area contributed by atoms with Gasteiger partial charge in [-0.1, -0.05) is 6.42 Å². The first-order valence-corrected chi connectivity index (χ1v) is 6.91. The van der Waals surface area contributed by atoms with Gasteiger partial charge in [-0.3, -0.25) is 0 Å². The molecule has 0 radical (unpaired) electrons. The van der Waals surface area contributed by atoms with Crippen molar-refractivity contribution in [2.75, 3.05) is 37.9 Å². The van der Waals surface area contributed by atoms with Crippen LogP contribution in [0.5, 0.6) is 0 Å². The van der Waals surface area contributed by atoms with E-state index in [2.05, 4.69) is 0 Å². The molecule has 1 rings (SSSR count). The van der Waals surface area contributed by atoms with Crippen LogP contribution < -0.4 is 10.6 Å². The van der Waals surface area contributed by atoms with Crippen LogP contribution in [0.4, 0.5) is 11.4 Å². The standard InChI is InChI=1S/C15H24N2O3/c1-17(2)14-8-7-12(11-13(14)16)15(19)20-10-6-4-3-5-9-18/h7-8,11,18H,3-6,9-10,16H2,1-2H3. The Balaban J connectivity index is 2.42. The van der Waals surface area contributed by atoms with Gasteiger partial charge in [-0.2, -0.15) is 0 Å². The summed E-state index contributed by atoms with van der Waals surface area (Å²) >= 11 is 0. The van der Waals surface area contributed by atoms with E-state index in [1.165, 1.54) is 0 Å². The van der Waals surface area contributed by atoms with Gasteiger partial charge in [0.25, 0.3) is 0 Å².